The summed E-state index contributed by atoms with van der Waals surface area (Å²) in [6, 6.07) is 12.7. The van der Waals surface area contributed by atoms with Gasteiger partial charge in [0.25, 0.3) is 21.6 Å². The SMILES string of the molecule is Cc1cc(C(=O)Nc2cc(Cl)ccc2NS(=O)(=O)c2ccccc2F)ccc1[N+](=O)[O-]. The van der Waals surface area contributed by atoms with Gasteiger partial charge in [-0.3, -0.25) is 19.6 Å². The Morgan fingerprint density at radius 1 is 1.06 bits per heavy atom. The number of anilines is 2. The van der Waals surface area contributed by atoms with Crippen molar-refractivity contribution in [2.45, 2.75) is 11.8 Å². The molecule has 2 N–H and O–H groups in total. The number of nitro benzene ring substituents is 1. The van der Waals surface area contributed by atoms with Crippen molar-refractivity contribution in [3.05, 3.63) is 92.7 Å². The van der Waals surface area contributed by atoms with E-state index in [2.05, 4.69) is 10.0 Å². The lowest BCUT2D eigenvalue weighted by atomic mass is 10.1. The highest BCUT2D eigenvalue weighted by Crippen LogP contribution is 2.29. The number of halogens is 2. The summed E-state index contributed by atoms with van der Waals surface area (Å²) in [5.41, 5.74) is 0.237. The van der Waals surface area contributed by atoms with E-state index in [9.17, 15) is 27.7 Å². The molecule has 0 unspecified atom stereocenters. The maximum Gasteiger partial charge on any atom is 0.272 e. The minimum absolute atomic E-state index is 0.0217. The van der Waals surface area contributed by atoms with Crippen LogP contribution in [0.15, 0.2) is 65.6 Å². The van der Waals surface area contributed by atoms with Crippen LogP contribution in [0, 0.1) is 22.9 Å². The molecule has 0 aliphatic rings. The molecule has 31 heavy (non-hydrogen) atoms. The van der Waals surface area contributed by atoms with E-state index >= 15 is 0 Å². The average Bonchev–Trinajstić information content (AvgIpc) is 2.69. The number of sulfonamides is 1. The molecule has 0 atom stereocenters. The molecule has 160 valence electrons. The van der Waals surface area contributed by atoms with Gasteiger partial charge >= 0.3 is 0 Å². The highest BCUT2D eigenvalue weighted by atomic mass is 35.5. The molecule has 3 aromatic carbocycles. The number of benzene rings is 3. The summed E-state index contributed by atoms with van der Waals surface area (Å²) in [4.78, 5) is 22.5. The summed E-state index contributed by atoms with van der Waals surface area (Å²) < 4.78 is 41.4. The summed E-state index contributed by atoms with van der Waals surface area (Å²) in [5, 5.41) is 13.7. The van der Waals surface area contributed by atoms with Gasteiger partial charge in [-0.1, -0.05) is 23.7 Å². The molecular formula is C20H15ClFN3O5S. The van der Waals surface area contributed by atoms with Gasteiger partial charge in [0.05, 0.1) is 16.3 Å². The fourth-order valence-corrected chi connectivity index (χ4v) is 4.10. The number of nitro groups is 1. The van der Waals surface area contributed by atoms with Gasteiger partial charge in [-0.15, -0.1) is 0 Å². The van der Waals surface area contributed by atoms with E-state index in [-0.39, 0.29) is 33.2 Å². The van der Waals surface area contributed by atoms with Crippen molar-refractivity contribution in [2.75, 3.05) is 10.0 Å². The van der Waals surface area contributed by atoms with Gasteiger partial charge < -0.3 is 5.32 Å². The number of carbonyl (C=O) groups is 1. The number of aryl methyl sites for hydroxylation is 1. The van der Waals surface area contributed by atoms with Gasteiger partial charge in [-0.05, 0) is 49.4 Å². The highest BCUT2D eigenvalue weighted by Gasteiger charge is 2.21. The van der Waals surface area contributed by atoms with Crippen LogP contribution in [0.3, 0.4) is 0 Å². The van der Waals surface area contributed by atoms with Crippen LogP contribution in [-0.4, -0.2) is 19.2 Å². The van der Waals surface area contributed by atoms with Crippen molar-refractivity contribution in [3.63, 3.8) is 0 Å². The lowest BCUT2D eigenvalue weighted by Gasteiger charge is -2.14. The van der Waals surface area contributed by atoms with Crippen LogP contribution in [0.1, 0.15) is 15.9 Å². The number of nitrogens with one attached hydrogen (secondary N) is 2. The van der Waals surface area contributed by atoms with Crippen LogP contribution in [0.5, 0.6) is 0 Å². The molecule has 0 radical (unpaired) electrons. The van der Waals surface area contributed by atoms with E-state index in [1.54, 1.807) is 0 Å². The molecule has 0 fully saturated rings. The van der Waals surface area contributed by atoms with Crippen LogP contribution >= 0.6 is 11.6 Å². The molecule has 0 aliphatic carbocycles. The van der Waals surface area contributed by atoms with Crippen LogP contribution in [-0.2, 0) is 10.0 Å². The van der Waals surface area contributed by atoms with Crippen LogP contribution in [0.25, 0.3) is 0 Å². The normalized spacial score (nSPS) is 11.1. The minimum Gasteiger partial charge on any atom is -0.320 e. The number of carbonyl (C=O) groups excluding carboxylic acids is 1. The van der Waals surface area contributed by atoms with Crippen molar-refractivity contribution < 1.29 is 22.5 Å². The third kappa shape index (κ3) is 4.98. The van der Waals surface area contributed by atoms with Crippen molar-refractivity contribution in [1.29, 1.82) is 0 Å². The summed E-state index contributed by atoms with van der Waals surface area (Å²) in [6.45, 7) is 1.49. The first-order valence-electron chi connectivity index (χ1n) is 8.72. The zero-order valence-corrected chi connectivity index (χ0v) is 17.5. The average molecular weight is 464 g/mol. The minimum atomic E-state index is -4.30. The van der Waals surface area contributed by atoms with E-state index in [1.807, 2.05) is 0 Å². The van der Waals surface area contributed by atoms with Crippen molar-refractivity contribution in [3.8, 4) is 0 Å². The lowest BCUT2D eigenvalue weighted by Crippen LogP contribution is -2.18. The van der Waals surface area contributed by atoms with E-state index in [4.69, 9.17) is 11.6 Å². The standard InChI is InChI=1S/C20H15ClFN3O5S/c1-12-10-13(6-9-18(12)25(27)28)20(26)23-17-11-14(21)7-8-16(17)24-31(29,30)19-5-3-2-4-15(19)22/h2-11,24H,1H3,(H,23,26). The Labute approximate surface area is 181 Å². The zero-order chi connectivity index (χ0) is 22.8. The largest absolute Gasteiger partial charge is 0.320 e. The smallest absolute Gasteiger partial charge is 0.272 e. The third-order valence-corrected chi connectivity index (χ3v) is 5.89. The van der Waals surface area contributed by atoms with Gasteiger partial charge in [0.2, 0.25) is 0 Å². The molecule has 3 rings (SSSR count). The highest BCUT2D eigenvalue weighted by molar-refractivity contribution is 7.92. The van der Waals surface area contributed by atoms with Gasteiger partial charge in [0, 0.05) is 22.2 Å². The molecule has 0 heterocycles. The molecule has 3 aromatic rings. The van der Waals surface area contributed by atoms with Gasteiger partial charge in [0.1, 0.15) is 10.7 Å². The Morgan fingerprint density at radius 3 is 2.42 bits per heavy atom. The van der Waals surface area contributed by atoms with Gasteiger partial charge in [-0.2, -0.15) is 0 Å². The number of hydrogen-bond acceptors (Lipinski definition) is 5. The first kappa shape index (κ1) is 22.2. The first-order valence-corrected chi connectivity index (χ1v) is 10.6. The number of hydrogen-bond donors (Lipinski definition) is 2. The van der Waals surface area contributed by atoms with Gasteiger partial charge in [-0.25, -0.2) is 12.8 Å². The summed E-state index contributed by atoms with van der Waals surface area (Å²) in [6.07, 6.45) is 0. The predicted molar refractivity (Wildman–Crippen MR) is 114 cm³/mol. The van der Waals surface area contributed by atoms with E-state index in [0.717, 1.165) is 12.1 Å². The maximum atomic E-state index is 14.0. The number of nitrogens with zero attached hydrogens (tertiary/aromatic N) is 1. The third-order valence-electron chi connectivity index (χ3n) is 4.26. The van der Waals surface area contributed by atoms with Crippen molar-refractivity contribution >= 4 is 44.6 Å². The zero-order valence-electron chi connectivity index (χ0n) is 15.9. The topological polar surface area (TPSA) is 118 Å². The molecule has 0 saturated heterocycles. The van der Waals surface area contributed by atoms with Gasteiger partial charge in [0.15, 0.2) is 0 Å². The second-order valence-electron chi connectivity index (χ2n) is 6.44. The summed E-state index contributed by atoms with van der Waals surface area (Å²) in [5.74, 6) is -1.58. The monoisotopic (exact) mass is 463 g/mol. The number of amides is 1. The second-order valence-corrected chi connectivity index (χ2v) is 8.53. The molecular weight excluding hydrogens is 449 g/mol. The molecule has 8 nitrogen and oxygen atoms in total. The Bertz CT molecular complexity index is 1300. The Balaban J connectivity index is 1.92. The maximum absolute atomic E-state index is 14.0. The van der Waals surface area contributed by atoms with E-state index < -0.39 is 31.6 Å². The Morgan fingerprint density at radius 2 is 1.77 bits per heavy atom. The molecule has 0 saturated carbocycles. The van der Waals surface area contributed by atoms with Crippen molar-refractivity contribution in [2.24, 2.45) is 0 Å². The molecule has 0 aliphatic heterocycles. The molecule has 0 bridgehead atoms. The lowest BCUT2D eigenvalue weighted by molar-refractivity contribution is -0.385. The van der Waals surface area contributed by atoms with Crippen molar-refractivity contribution in [1.82, 2.24) is 0 Å². The molecule has 0 spiro atoms. The summed E-state index contributed by atoms with van der Waals surface area (Å²) >= 11 is 5.98. The van der Waals surface area contributed by atoms with E-state index in [0.29, 0.717) is 0 Å². The molecule has 1 amide bonds. The number of rotatable bonds is 6. The Kier molecular flexibility index (Phi) is 6.23. The Hall–Kier alpha value is -3.50. The molecule has 0 aromatic heterocycles. The van der Waals surface area contributed by atoms with Crippen LogP contribution < -0.4 is 10.0 Å². The molecule has 11 heteroatoms. The van der Waals surface area contributed by atoms with Crippen LogP contribution in [0.2, 0.25) is 5.02 Å². The fraction of sp³-hybridized carbons (Fsp3) is 0.0500. The van der Waals surface area contributed by atoms with E-state index in [1.165, 1.54) is 55.5 Å². The second kappa shape index (κ2) is 8.70. The quantitative estimate of drug-likeness (QED) is 0.404. The summed E-state index contributed by atoms with van der Waals surface area (Å²) in [7, 11) is -4.30. The van der Waals surface area contributed by atoms with Crippen LogP contribution in [0.4, 0.5) is 21.5 Å². The fourth-order valence-electron chi connectivity index (χ4n) is 2.77. The predicted octanol–water partition coefficient (Wildman–Crippen LogP) is 4.75. The first-order chi connectivity index (χ1) is 14.6.